The molecule has 1 atom stereocenters. The second-order valence-electron chi connectivity index (χ2n) is 3.68. The number of hydrogen-bond donors (Lipinski definition) is 2. The number of halogens is 1. The maximum Gasteiger partial charge on any atom is 0.238 e. The molecule has 1 aromatic carbocycles. The number of amides is 1. The second-order valence-corrected chi connectivity index (χ2v) is 4.67. The van der Waals surface area contributed by atoms with Crippen LogP contribution in [0.15, 0.2) is 24.3 Å². The van der Waals surface area contributed by atoms with Gasteiger partial charge < -0.3 is 10.4 Å². The third kappa shape index (κ3) is 3.55. The summed E-state index contributed by atoms with van der Waals surface area (Å²) in [4.78, 5) is 11.4. The minimum atomic E-state index is -0.202. The molecule has 1 amide bonds. The van der Waals surface area contributed by atoms with Crippen LogP contribution in [-0.2, 0) is 4.79 Å². The molecule has 3 nitrogen and oxygen atoms in total. The Labute approximate surface area is 97.6 Å². The highest BCUT2D eigenvalue weighted by Gasteiger charge is 2.18. The van der Waals surface area contributed by atoms with Crippen molar-refractivity contribution in [1.82, 2.24) is 0 Å². The van der Waals surface area contributed by atoms with E-state index in [0.29, 0.717) is 5.69 Å². The summed E-state index contributed by atoms with van der Waals surface area (Å²) >= 11 is 3.32. The van der Waals surface area contributed by atoms with Crippen molar-refractivity contribution in [3.63, 3.8) is 0 Å². The molecule has 2 N–H and O–H groups in total. The van der Waals surface area contributed by atoms with Crippen LogP contribution in [0, 0.1) is 5.92 Å². The lowest BCUT2D eigenvalue weighted by molar-refractivity contribution is -0.116. The number of carbonyl (C=O) groups is 1. The number of phenols is 1. The number of phenolic OH excluding ortho intramolecular Hbond substituents is 1. The maximum atomic E-state index is 11.6. The van der Waals surface area contributed by atoms with E-state index in [2.05, 4.69) is 21.2 Å². The maximum absolute atomic E-state index is 11.6. The molecule has 0 fully saturated rings. The molecule has 1 unspecified atom stereocenters. The van der Waals surface area contributed by atoms with Crippen LogP contribution >= 0.6 is 15.9 Å². The largest absolute Gasteiger partial charge is 0.508 e. The number of hydrogen-bond acceptors (Lipinski definition) is 2. The molecule has 0 aliphatic rings. The van der Waals surface area contributed by atoms with Crippen LogP contribution in [0.1, 0.15) is 13.8 Å². The van der Waals surface area contributed by atoms with Crippen molar-refractivity contribution in [1.29, 1.82) is 0 Å². The van der Waals surface area contributed by atoms with Gasteiger partial charge in [-0.05, 0) is 30.2 Å². The number of alkyl halides is 1. The molecular formula is C11H14BrNO2. The summed E-state index contributed by atoms with van der Waals surface area (Å²) < 4.78 is 0. The van der Waals surface area contributed by atoms with Crippen LogP contribution in [0.5, 0.6) is 5.75 Å². The zero-order chi connectivity index (χ0) is 11.4. The molecule has 0 saturated heterocycles. The zero-order valence-electron chi connectivity index (χ0n) is 8.70. The van der Waals surface area contributed by atoms with Crippen molar-refractivity contribution < 1.29 is 9.90 Å². The monoisotopic (exact) mass is 271 g/mol. The van der Waals surface area contributed by atoms with Gasteiger partial charge in [0.05, 0.1) is 4.83 Å². The molecule has 0 saturated carbocycles. The summed E-state index contributed by atoms with van der Waals surface area (Å²) in [6.45, 7) is 3.94. The molecule has 1 rings (SSSR count). The Hall–Kier alpha value is -1.03. The Morgan fingerprint density at radius 3 is 2.33 bits per heavy atom. The number of rotatable bonds is 3. The van der Waals surface area contributed by atoms with Crippen molar-refractivity contribution >= 4 is 27.5 Å². The fourth-order valence-electron chi connectivity index (χ4n) is 1.06. The van der Waals surface area contributed by atoms with Gasteiger partial charge in [0.15, 0.2) is 0 Å². The molecule has 0 aromatic heterocycles. The van der Waals surface area contributed by atoms with E-state index in [1.807, 2.05) is 13.8 Å². The van der Waals surface area contributed by atoms with Gasteiger partial charge in [0, 0.05) is 5.69 Å². The van der Waals surface area contributed by atoms with Crippen LogP contribution in [0.3, 0.4) is 0 Å². The van der Waals surface area contributed by atoms with Crippen LogP contribution in [0.25, 0.3) is 0 Å². The summed E-state index contributed by atoms with van der Waals surface area (Å²) in [7, 11) is 0. The molecular weight excluding hydrogens is 258 g/mol. The average Bonchev–Trinajstić information content (AvgIpc) is 2.20. The molecule has 1 aromatic rings. The van der Waals surface area contributed by atoms with Crippen molar-refractivity contribution in [2.75, 3.05) is 5.32 Å². The Morgan fingerprint density at radius 2 is 1.87 bits per heavy atom. The molecule has 0 aliphatic heterocycles. The first-order chi connectivity index (χ1) is 7.00. The molecule has 15 heavy (non-hydrogen) atoms. The van der Waals surface area contributed by atoms with Crippen LogP contribution in [-0.4, -0.2) is 15.8 Å². The Morgan fingerprint density at radius 1 is 1.33 bits per heavy atom. The van der Waals surface area contributed by atoms with E-state index in [1.165, 1.54) is 12.1 Å². The SMILES string of the molecule is CC(C)C(Br)C(=O)Nc1ccc(O)cc1. The van der Waals surface area contributed by atoms with Gasteiger partial charge in [0.2, 0.25) is 5.91 Å². The summed E-state index contributed by atoms with van der Waals surface area (Å²) in [6.07, 6.45) is 0. The van der Waals surface area contributed by atoms with Gasteiger partial charge in [-0.1, -0.05) is 29.8 Å². The van der Waals surface area contributed by atoms with Crippen LogP contribution in [0.2, 0.25) is 0 Å². The standard InChI is InChI=1S/C11H14BrNO2/c1-7(2)10(12)11(15)13-8-3-5-9(14)6-4-8/h3-7,10,14H,1-2H3,(H,13,15). The average molecular weight is 272 g/mol. The number of nitrogens with one attached hydrogen (secondary N) is 1. The van der Waals surface area contributed by atoms with E-state index >= 15 is 0 Å². The van der Waals surface area contributed by atoms with Gasteiger partial charge in [-0.3, -0.25) is 4.79 Å². The fourth-order valence-corrected chi connectivity index (χ4v) is 1.17. The summed E-state index contributed by atoms with van der Waals surface area (Å²) in [6, 6.07) is 6.39. The predicted octanol–water partition coefficient (Wildman–Crippen LogP) is 2.75. The van der Waals surface area contributed by atoms with E-state index in [9.17, 15) is 4.79 Å². The molecule has 0 bridgehead atoms. The van der Waals surface area contributed by atoms with E-state index in [-0.39, 0.29) is 22.4 Å². The zero-order valence-corrected chi connectivity index (χ0v) is 10.3. The van der Waals surface area contributed by atoms with Crippen LogP contribution in [0.4, 0.5) is 5.69 Å². The summed E-state index contributed by atoms with van der Waals surface area (Å²) in [5, 5.41) is 11.8. The summed E-state index contributed by atoms with van der Waals surface area (Å²) in [5.74, 6) is 0.352. The minimum Gasteiger partial charge on any atom is -0.508 e. The molecule has 0 spiro atoms. The minimum absolute atomic E-state index is 0.0734. The topological polar surface area (TPSA) is 49.3 Å². The Bertz CT molecular complexity index is 335. The fraction of sp³-hybridized carbons (Fsp3) is 0.364. The lowest BCUT2D eigenvalue weighted by Gasteiger charge is -2.13. The first kappa shape index (κ1) is 12.0. The lowest BCUT2D eigenvalue weighted by Crippen LogP contribution is -2.26. The predicted molar refractivity (Wildman–Crippen MR) is 64.3 cm³/mol. The van der Waals surface area contributed by atoms with Gasteiger partial charge in [0.1, 0.15) is 5.75 Å². The third-order valence-corrected chi connectivity index (χ3v) is 3.44. The van der Waals surface area contributed by atoms with Gasteiger partial charge in [0.25, 0.3) is 0 Å². The highest BCUT2D eigenvalue weighted by atomic mass is 79.9. The Balaban J connectivity index is 2.62. The second kappa shape index (κ2) is 5.16. The number of anilines is 1. The van der Waals surface area contributed by atoms with Gasteiger partial charge in [-0.2, -0.15) is 0 Å². The van der Waals surface area contributed by atoms with Crippen molar-refractivity contribution in [3.8, 4) is 5.75 Å². The quantitative estimate of drug-likeness (QED) is 0.656. The molecule has 0 heterocycles. The molecule has 0 aliphatic carbocycles. The highest BCUT2D eigenvalue weighted by molar-refractivity contribution is 9.10. The number of aromatic hydroxyl groups is 1. The summed E-state index contributed by atoms with van der Waals surface area (Å²) in [5.41, 5.74) is 0.683. The molecule has 0 radical (unpaired) electrons. The van der Waals surface area contributed by atoms with Crippen molar-refractivity contribution in [2.24, 2.45) is 5.92 Å². The number of carbonyl (C=O) groups excluding carboxylic acids is 1. The van der Waals surface area contributed by atoms with E-state index in [4.69, 9.17) is 5.11 Å². The molecule has 82 valence electrons. The van der Waals surface area contributed by atoms with E-state index in [0.717, 1.165) is 0 Å². The van der Waals surface area contributed by atoms with Gasteiger partial charge >= 0.3 is 0 Å². The molecule has 4 heteroatoms. The number of benzene rings is 1. The highest BCUT2D eigenvalue weighted by Crippen LogP contribution is 2.17. The van der Waals surface area contributed by atoms with Crippen molar-refractivity contribution in [2.45, 2.75) is 18.7 Å². The smallest absolute Gasteiger partial charge is 0.238 e. The first-order valence-corrected chi connectivity index (χ1v) is 5.66. The van der Waals surface area contributed by atoms with Gasteiger partial charge in [-0.15, -0.1) is 0 Å². The first-order valence-electron chi connectivity index (χ1n) is 4.74. The van der Waals surface area contributed by atoms with Gasteiger partial charge in [-0.25, -0.2) is 0 Å². The lowest BCUT2D eigenvalue weighted by atomic mass is 10.1. The van der Waals surface area contributed by atoms with E-state index < -0.39 is 0 Å². The normalized spacial score (nSPS) is 12.5. The van der Waals surface area contributed by atoms with Crippen LogP contribution < -0.4 is 5.32 Å². The van der Waals surface area contributed by atoms with E-state index in [1.54, 1.807) is 12.1 Å². The Kier molecular flexibility index (Phi) is 4.15. The van der Waals surface area contributed by atoms with Crippen molar-refractivity contribution in [3.05, 3.63) is 24.3 Å². The third-order valence-electron chi connectivity index (χ3n) is 1.97.